The van der Waals surface area contributed by atoms with Crippen LogP contribution >= 0.6 is 0 Å². The Morgan fingerprint density at radius 2 is 2.06 bits per heavy atom. The molecular formula is C22H24F3N3O4. The molecule has 1 saturated heterocycles. The van der Waals surface area contributed by atoms with Gasteiger partial charge in [-0.25, -0.2) is 0 Å². The first-order chi connectivity index (χ1) is 15.3. The summed E-state index contributed by atoms with van der Waals surface area (Å²) >= 11 is 0. The van der Waals surface area contributed by atoms with Crippen molar-refractivity contribution in [3.8, 4) is 0 Å². The van der Waals surface area contributed by atoms with Gasteiger partial charge in [-0.2, -0.15) is 13.2 Å². The second-order valence-electron chi connectivity index (χ2n) is 7.92. The zero-order valence-electron chi connectivity index (χ0n) is 17.5. The maximum absolute atomic E-state index is 13.3. The van der Waals surface area contributed by atoms with E-state index in [2.05, 4.69) is 5.32 Å². The summed E-state index contributed by atoms with van der Waals surface area (Å²) < 4.78 is 50.0. The molecule has 2 amide bonds. The van der Waals surface area contributed by atoms with Crippen LogP contribution in [-0.4, -0.2) is 62.7 Å². The Morgan fingerprint density at radius 3 is 2.75 bits per heavy atom. The summed E-state index contributed by atoms with van der Waals surface area (Å²) in [6.45, 7) is 1.65. The Balaban J connectivity index is 1.63. The lowest BCUT2D eigenvalue weighted by atomic mass is 9.82. The van der Waals surface area contributed by atoms with Crippen molar-refractivity contribution in [2.24, 2.45) is 5.92 Å². The number of rotatable bonds is 5. The average Bonchev–Trinajstić information content (AvgIpc) is 3.31. The fourth-order valence-electron chi connectivity index (χ4n) is 4.45. The molecule has 172 valence electrons. The molecule has 0 radical (unpaired) electrons. The van der Waals surface area contributed by atoms with Crippen molar-refractivity contribution in [1.29, 1.82) is 0 Å². The predicted octanol–water partition coefficient (Wildman–Crippen LogP) is 2.56. The van der Waals surface area contributed by atoms with Crippen LogP contribution in [0.1, 0.15) is 21.7 Å². The number of alkyl halides is 3. The van der Waals surface area contributed by atoms with Crippen LogP contribution in [0.15, 0.2) is 41.0 Å². The number of carbonyl (C=O) groups is 2. The van der Waals surface area contributed by atoms with Gasteiger partial charge in [0.15, 0.2) is 5.76 Å². The van der Waals surface area contributed by atoms with Gasteiger partial charge < -0.3 is 24.3 Å². The van der Waals surface area contributed by atoms with E-state index in [1.165, 1.54) is 19.4 Å². The molecule has 1 aromatic carbocycles. The molecule has 0 saturated carbocycles. The summed E-state index contributed by atoms with van der Waals surface area (Å²) in [7, 11) is 1.52. The molecule has 1 aromatic heterocycles. The minimum absolute atomic E-state index is 0.155. The van der Waals surface area contributed by atoms with Gasteiger partial charge in [0.05, 0.1) is 30.4 Å². The van der Waals surface area contributed by atoms with Crippen LogP contribution in [-0.2, 0) is 22.1 Å². The number of piperazine rings is 1. The second kappa shape index (κ2) is 8.85. The van der Waals surface area contributed by atoms with Gasteiger partial charge >= 0.3 is 6.18 Å². The summed E-state index contributed by atoms with van der Waals surface area (Å²) in [5.41, 5.74) is 0.419. The molecule has 1 fully saturated rings. The third kappa shape index (κ3) is 4.32. The summed E-state index contributed by atoms with van der Waals surface area (Å²) in [4.78, 5) is 29.4. The Bertz CT molecular complexity index is 977. The third-order valence-corrected chi connectivity index (χ3v) is 6.00. The number of carbonyl (C=O) groups excluding carboxylic acids is 2. The fourth-order valence-corrected chi connectivity index (χ4v) is 4.45. The number of nitrogens with one attached hydrogen (secondary N) is 1. The molecule has 0 bridgehead atoms. The smallest absolute Gasteiger partial charge is 0.416 e. The monoisotopic (exact) mass is 451 g/mol. The van der Waals surface area contributed by atoms with Gasteiger partial charge in [-0.05, 0) is 42.3 Å². The summed E-state index contributed by atoms with van der Waals surface area (Å²) in [6, 6.07) is 6.50. The first kappa shape index (κ1) is 22.2. The molecule has 2 unspecified atom stereocenters. The first-order valence-electron chi connectivity index (χ1n) is 10.4. The topological polar surface area (TPSA) is 75.0 Å². The maximum Gasteiger partial charge on any atom is 0.416 e. The van der Waals surface area contributed by atoms with E-state index in [1.807, 2.05) is 4.90 Å². The number of benzene rings is 1. The number of ether oxygens (including phenoxy) is 1. The number of hydrogen-bond donors (Lipinski definition) is 1. The van der Waals surface area contributed by atoms with Crippen molar-refractivity contribution in [2.45, 2.75) is 18.6 Å². The normalized spacial score (nSPS) is 20.5. The van der Waals surface area contributed by atoms with Crippen molar-refractivity contribution in [2.75, 3.05) is 44.8 Å². The number of halogens is 3. The van der Waals surface area contributed by atoms with Crippen LogP contribution in [0.3, 0.4) is 0 Å². The van der Waals surface area contributed by atoms with Crippen molar-refractivity contribution in [3.05, 3.63) is 53.5 Å². The maximum atomic E-state index is 13.3. The van der Waals surface area contributed by atoms with Gasteiger partial charge in [0.25, 0.3) is 5.91 Å². The number of amides is 2. The van der Waals surface area contributed by atoms with E-state index in [-0.39, 0.29) is 36.6 Å². The molecule has 2 atom stereocenters. The number of furan rings is 1. The zero-order valence-corrected chi connectivity index (χ0v) is 17.5. The molecule has 7 nitrogen and oxygen atoms in total. The van der Waals surface area contributed by atoms with E-state index in [4.69, 9.17) is 9.15 Å². The molecule has 0 aliphatic carbocycles. The van der Waals surface area contributed by atoms with Gasteiger partial charge in [0, 0.05) is 39.0 Å². The molecule has 10 heteroatoms. The highest BCUT2D eigenvalue weighted by molar-refractivity contribution is 5.92. The van der Waals surface area contributed by atoms with E-state index in [0.29, 0.717) is 37.5 Å². The third-order valence-electron chi connectivity index (χ3n) is 6.00. The molecule has 2 aliphatic heterocycles. The molecule has 2 aromatic rings. The van der Waals surface area contributed by atoms with Crippen LogP contribution in [0.2, 0.25) is 0 Å². The summed E-state index contributed by atoms with van der Waals surface area (Å²) in [6.07, 6.45) is -2.89. The van der Waals surface area contributed by atoms with Crippen LogP contribution < -0.4 is 10.2 Å². The van der Waals surface area contributed by atoms with E-state index in [1.54, 1.807) is 17.0 Å². The van der Waals surface area contributed by atoms with Crippen molar-refractivity contribution >= 4 is 17.5 Å². The van der Waals surface area contributed by atoms with Crippen LogP contribution in [0, 0.1) is 5.92 Å². The quantitative estimate of drug-likeness (QED) is 0.708. The lowest BCUT2D eigenvalue weighted by Crippen LogP contribution is -2.62. The standard InChI is InChI=1S/C22H24F3N3O4/c1-31-10-6-26-20(29)16-12-14-11-15(22(23,24)25)4-5-17(14)28-8-7-27(13-18(16)28)21(30)19-3-2-9-32-19/h2-5,9,11,16,18H,6-8,10,12-13H2,1H3,(H,26,29). The zero-order chi connectivity index (χ0) is 22.9. The van der Waals surface area contributed by atoms with Crippen molar-refractivity contribution < 1.29 is 31.9 Å². The van der Waals surface area contributed by atoms with E-state index in [9.17, 15) is 22.8 Å². The average molecular weight is 451 g/mol. The van der Waals surface area contributed by atoms with E-state index >= 15 is 0 Å². The first-order valence-corrected chi connectivity index (χ1v) is 10.4. The van der Waals surface area contributed by atoms with Crippen LogP contribution in [0.25, 0.3) is 0 Å². The van der Waals surface area contributed by atoms with E-state index < -0.39 is 17.7 Å². The SMILES string of the molecule is COCCNC(=O)C1Cc2cc(C(F)(F)F)ccc2N2CCN(C(=O)c3ccco3)CC12. The fraction of sp³-hybridized carbons (Fsp3) is 0.455. The Labute approximate surface area is 183 Å². The minimum Gasteiger partial charge on any atom is -0.459 e. The predicted molar refractivity (Wildman–Crippen MR) is 109 cm³/mol. The largest absolute Gasteiger partial charge is 0.459 e. The number of fused-ring (bicyclic) bond motifs is 3. The molecule has 4 rings (SSSR count). The van der Waals surface area contributed by atoms with E-state index in [0.717, 1.165) is 12.1 Å². The number of hydrogen-bond acceptors (Lipinski definition) is 5. The molecule has 2 aliphatic rings. The Kier molecular flexibility index (Phi) is 6.14. The molecule has 1 N–H and O–H groups in total. The lowest BCUT2D eigenvalue weighted by Gasteiger charge is -2.49. The molecule has 3 heterocycles. The summed E-state index contributed by atoms with van der Waals surface area (Å²) in [5, 5.41) is 2.80. The Morgan fingerprint density at radius 1 is 1.25 bits per heavy atom. The van der Waals surface area contributed by atoms with Crippen LogP contribution in [0.4, 0.5) is 18.9 Å². The molecule has 0 spiro atoms. The highest BCUT2D eigenvalue weighted by Crippen LogP contribution is 2.39. The van der Waals surface area contributed by atoms with Crippen LogP contribution in [0.5, 0.6) is 0 Å². The Hall–Kier alpha value is -3.01. The highest BCUT2D eigenvalue weighted by Gasteiger charge is 2.43. The van der Waals surface area contributed by atoms with Gasteiger partial charge in [-0.1, -0.05) is 0 Å². The lowest BCUT2D eigenvalue weighted by molar-refractivity contribution is -0.137. The van der Waals surface area contributed by atoms with Gasteiger partial charge in [-0.15, -0.1) is 0 Å². The van der Waals surface area contributed by atoms with Gasteiger partial charge in [-0.3, -0.25) is 9.59 Å². The minimum atomic E-state index is -4.46. The number of methoxy groups -OCH3 is 1. The van der Waals surface area contributed by atoms with Gasteiger partial charge in [0.2, 0.25) is 5.91 Å². The van der Waals surface area contributed by atoms with Crippen molar-refractivity contribution in [3.63, 3.8) is 0 Å². The second-order valence-corrected chi connectivity index (χ2v) is 7.92. The molecular weight excluding hydrogens is 427 g/mol. The number of anilines is 1. The molecule has 32 heavy (non-hydrogen) atoms. The summed E-state index contributed by atoms with van der Waals surface area (Å²) in [5.74, 6) is -0.945. The van der Waals surface area contributed by atoms with Gasteiger partial charge in [0.1, 0.15) is 0 Å². The van der Waals surface area contributed by atoms with Crippen molar-refractivity contribution in [1.82, 2.24) is 10.2 Å². The highest BCUT2D eigenvalue weighted by atomic mass is 19.4. The number of nitrogens with zero attached hydrogens (tertiary/aromatic N) is 2.